The van der Waals surface area contributed by atoms with E-state index in [2.05, 4.69) is 26.5 Å². The molecule has 0 spiro atoms. The van der Waals surface area contributed by atoms with Gasteiger partial charge < -0.3 is 4.74 Å². The number of pyridine rings is 2. The number of rotatable bonds is 1. The van der Waals surface area contributed by atoms with Gasteiger partial charge in [0.1, 0.15) is 5.69 Å². The van der Waals surface area contributed by atoms with Crippen LogP contribution in [0.25, 0.3) is 0 Å². The Hall–Kier alpha value is -2.67. The second kappa shape index (κ2) is 8.44. The standard InChI is InChI=1S/C14H10N2O2.C2H6.H2/c1-18-14(17)13-11(5-4-10-16-13)7-8-12-6-2-3-9-15-12;1-2;/h2-6,9-10H,1H3;1-2H3;1H. The van der Waals surface area contributed by atoms with Gasteiger partial charge in [0.15, 0.2) is 5.69 Å². The van der Waals surface area contributed by atoms with Gasteiger partial charge in [-0.05, 0) is 30.2 Å². The summed E-state index contributed by atoms with van der Waals surface area (Å²) in [6.07, 6.45) is 3.19. The molecule has 0 bridgehead atoms. The van der Waals surface area contributed by atoms with E-state index in [1.54, 1.807) is 24.4 Å². The predicted molar refractivity (Wildman–Crippen MR) is 79.3 cm³/mol. The van der Waals surface area contributed by atoms with Crippen molar-refractivity contribution in [1.82, 2.24) is 9.97 Å². The van der Waals surface area contributed by atoms with E-state index in [1.807, 2.05) is 26.0 Å². The fourth-order valence-corrected chi connectivity index (χ4v) is 1.33. The molecule has 0 aliphatic carbocycles. The van der Waals surface area contributed by atoms with Crippen LogP contribution in [0.5, 0.6) is 0 Å². The summed E-state index contributed by atoms with van der Waals surface area (Å²) in [5.41, 5.74) is 1.37. The van der Waals surface area contributed by atoms with E-state index in [1.165, 1.54) is 13.3 Å². The van der Waals surface area contributed by atoms with Crippen molar-refractivity contribution in [2.75, 3.05) is 7.11 Å². The van der Waals surface area contributed by atoms with Gasteiger partial charge in [-0.25, -0.2) is 14.8 Å². The minimum absolute atomic E-state index is 0. The number of nitrogens with zero attached hydrogens (tertiary/aromatic N) is 2. The number of carbonyl (C=O) groups is 1. The number of methoxy groups -OCH3 is 1. The fourth-order valence-electron chi connectivity index (χ4n) is 1.33. The van der Waals surface area contributed by atoms with Crippen LogP contribution in [-0.4, -0.2) is 23.0 Å². The molecule has 0 aliphatic heterocycles. The Balaban J connectivity index is 0.00000128. The highest BCUT2D eigenvalue weighted by Gasteiger charge is 2.10. The minimum Gasteiger partial charge on any atom is -0.464 e. The smallest absolute Gasteiger partial charge is 0.357 e. The Morgan fingerprint density at radius 1 is 1.10 bits per heavy atom. The minimum atomic E-state index is -0.499. The summed E-state index contributed by atoms with van der Waals surface area (Å²) >= 11 is 0. The van der Waals surface area contributed by atoms with Crippen LogP contribution >= 0.6 is 0 Å². The third kappa shape index (κ3) is 4.21. The van der Waals surface area contributed by atoms with Crippen LogP contribution in [0.4, 0.5) is 0 Å². The van der Waals surface area contributed by atoms with Crippen molar-refractivity contribution in [3.8, 4) is 11.8 Å². The molecule has 2 heterocycles. The molecule has 0 atom stereocenters. The topological polar surface area (TPSA) is 52.1 Å². The van der Waals surface area contributed by atoms with Gasteiger partial charge in [0, 0.05) is 13.8 Å². The first-order valence-corrected chi connectivity index (χ1v) is 6.27. The molecular formula is C16H18N2O2. The number of hydrogen-bond acceptors (Lipinski definition) is 4. The summed E-state index contributed by atoms with van der Waals surface area (Å²) in [5, 5.41) is 0. The zero-order valence-corrected chi connectivity index (χ0v) is 11.8. The van der Waals surface area contributed by atoms with E-state index >= 15 is 0 Å². The molecule has 0 saturated heterocycles. The highest BCUT2D eigenvalue weighted by Crippen LogP contribution is 2.05. The summed E-state index contributed by atoms with van der Waals surface area (Å²) in [5.74, 6) is 5.24. The molecule has 2 aromatic rings. The Morgan fingerprint density at radius 2 is 1.85 bits per heavy atom. The zero-order chi connectivity index (χ0) is 14.8. The highest BCUT2D eigenvalue weighted by molar-refractivity contribution is 5.90. The molecule has 4 nitrogen and oxygen atoms in total. The average Bonchev–Trinajstić information content (AvgIpc) is 2.55. The lowest BCUT2D eigenvalue weighted by Gasteiger charge is -1.99. The van der Waals surface area contributed by atoms with Gasteiger partial charge in [0.25, 0.3) is 0 Å². The molecule has 2 rings (SSSR count). The van der Waals surface area contributed by atoms with Gasteiger partial charge in [0.05, 0.1) is 12.7 Å². The number of esters is 1. The van der Waals surface area contributed by atoms with Gasteiger partial charge in [-0.3, -0.25) is 0 Å². The quantitative estimate of drug-likeness (QED) is 0.590. The molecule has 0 unspecified atom stereocenters. The van der Waals surface area contributed by atoms with Gasteiger partial charge in [-0.2, -0.15) is 0 Å². The lowest BCUT2D eigenvalue weighted by Crippen LogP contribution is -2.06. The first-order valence-electron chi connectivity index (χ1n) is 6.27. The fraction of sp³-hybridized carbons (Fsp3) is 0.188. The maximum Gasteiger partial charge on any atom is 0.357 e. The molecule has 0 aromatic carbocycles. The van der Waals surface area contributed by atoms with Crippen LogP contribution in [0.3, 0.4) is 0 Å². The number of ether oxygens (including phenoxy) is 1. The Kier molecular flexibility index (Phi) is 6.49. The van der Waals surface area contributed by atoms with E-state index in [0.29, 0.717) is 11.3 Å². The predicted octanol–water partition coefficient (Wildman–Crippen LogP) is 2.94. The summed E-state index contributed by atoms with van der Waals surface area (Å²) in [7, 11) is 1.31. The summed E-state index contributed by atoms with van der Waals surface area (Å²) in [4.78, 5) is 19.5. The van der Waals surface area contributed by atoms with Gasteiger partial charge in [0.2, 0.25) is 0 Å². The molecule has 0 saturated carbocycles. The third-order valence-corrected chi connectivity index (χ3v) is 2.18. The van der Waals surface area contributed by atoms with Crippen LogP contribution in [0.1, 0.15) is 37.0 Å². The lowest BCUT2D eigenvalue weighted by atomic mass is 10.2. The Bertz CT molecular complexity index is 619. The molecule has 4 heteroatoms. The van der Waals surface area contributed by atoms with Crippen molar-refractivity contribution in [2.45, 2.75) is 13.8 Å². The SMILES string of the molecule is CC.COC(=O)c1ncccc1C#Cc1ccccn1.[HH]. The van der Waals surface area contributed by atoms with Crippen molar-refractivity contribution in [3.05, 3.63) is 59.7 Å². The first-order chi connectivity index (χ1) is 9.81. The molecule has 0 aliphatic rings. The highest BCUT2D eigenvalue weighted by atomic mass is 16.5. The molecular weight excluding hydrogens is 252 g/mol. The van der Waals surface area contributed by atoms with Crippen LogP contribution in [-0.2, 0) is 4.74 Å². The molecule has 0 fully saturated rings. The lowest BCUT2D eigenvalue weighted by molar-refractivity contribution is 0.0593. The van der Waals surface area contributed by atoms with Crippen molar-refractivity contribution < 1.29 is 11.0 Å². The van der Waals surface area contributed by atoms with Gasteiger partial charge in [-0.1, -0.05) is 25.8 Å². The molecule has 20 heavy (non-hydrogen) atoms. The van der Waals surface area contributed by atoms with Gasteiger partial charge >= 0.3 is 5.97 Å². The monoisotopic (exact) mass is 270 g/mol. The number of aromatic nitrogens is 2. The van der Waals surface area contributed by atoms with Crippen LogP contribution < -0.4 is 0 Å². The molecule has 2 aromatic heterocycles. The van der Waals surface area contributed by atoms with E-state index in [9.17, 15) is 4.79 Å². The van der Waals surface area contributed by atoms with E-state index < -0.39 is 5.97 Å². The van der Waals surface area contributed by atoms with E-state index in [0.717, 1.165) is 0 Å². The molecule has 104 valence electrons. The second-order valence-electron chi connectivity index (χ2n) is 3.36. The van der Waals surface area contributed by atoms with Crippen molar-refractivity contribution in [2.24, 2.45) is 0 Å². The zero-order valence-electron chi connectivity index (χ0n) is 11.8. The number of hydrogen-bond donors (Lipinski definition) is 0. The van der Waals surface area contributed by atoms with E-state index in [-0.39, 0.29) is 7.12 Å². The number of carbonyl (C=O) groups excluding carboxylic acids is 1. The summed E-state index contributed by atoms with van der Waals surface area (Å²) in [6.45, 7) is 4.00. The molecule has 0 radical (unpaired) electrons. The maximum absolute atomic E-state index is 11.5. The first kappa shape index (κ1) is 15.4. The van der Waals surface area contributed by atoms with Crippen molar-refractivity contribution in [3.63, 3.8) is 0 Å². The maximum atomic E-state index is 11.5. The Labute approximate surface area is 120 Å². The molecule has 0 amide bonds. The van der Waals surface area contributed by atoms with Crippen LogP contribution in [0.15, 0.2) is 42.7 Å². The third-order valence-electron chi connectivity index (χ3n) is 2.18. The van der Waals surface area contributed by atoms with E-state index in [4.69, 9.17) is 0 Å². The summed E-state index contributed by atoms with van der Waals surface area (Å²) < 4.78 is 4.64. The van der Waals surface area contributed by atoms with Gasteiger partial charge in [-0.15, -0.1) is 0 Å². The van der Waals surface area contributed by atoms with Crippen LogP contribution in [0.2, 0.25) is 0 Å². The normalized spacial score (nSPS) is 8.55. The second-order valence-corrected chi connectivity index (χ2v) is 3.36. The van der Waals surface area contributed by atoms with Crippen LogP contribution in [0, 0.1) is 11.8 Å². The van der Waals surface area contributed by atoms with Crippen molar-refractivity contribution in [1.29, 1.82) is 0 Å². The largest absolute Gasteiger partial charge is 0.464 e. The Morgan fingerprint density at radius 3 is 2.50 bits per heavy atom. The average molecular weight is 270 g/mol. The van der Waals surface area contributed by atoms with Crippen molar-refractivity contribution >= 4 is 5.97 Å². The molecule has 0 N–H and O–H groups in total. The summed E-state index contributed by atoms with van der Waals surface area (Å²) in [6, 6.07) is 8.89.